The van der Waals surface area contributed by atoms with Crippen molar-refractivity contribution in [2.24, 2.45) is 0 Å². The van der Waals surface area contributed by atoms with Crippen molar-refractivity contribution < 1.29 is 23.9 Å². The topological polar surface area (TPSA) is 84.9 Å². The summed E-state index contributed by atoms with van der Waals surface area (Å²) in [7, 11) is 0. The molecule has 1 aliphatic rings. The molecule has 3 amide bonds. The second-order valence-corrected chi connectivity index (χ2v) is 8.49. The van der Waals surface area contributed by atoms with Crippen molar-refractivity contribution in [3.05, 3.63) is 52.9 Å². The first-order valence-corrected chi connectivity index (χ1v) is 12.1. The Kier molecular flexibility index (Phi) is 8.24. The Balaban J connectivity index is 1.74. The van der Waals surface area contributed by atoms with Crippen molar-refractivity contribution in [3.63, 3.8) is 0 Å². The zero-order valence-corrected chi connectivity index (χ0v) is 19.7. The normalized spacial score (nSPS) is 14.7. The van der Waals surface area contributed by atoms with Crippen molar-refractivity contribution in [2.45, 2.75) is 18.7 Å². The van der Waals surface area contributed by atoms with Gasteiger partial charge in [0.05, 0.1) is 18.1 Å². The number of amides is 3. The minimum atomic E-state index is -0.510. The van der Waals surface area contributed by atoms with Gasteiger partial charge in [0.15, 0.2) is 0 Å². The van der Waals surface area contributed by atoms with Crippen LogP contribution in [-0.4, -0.2) is 48.0 Å². The molecule has 3 rings (SSSR count). The molecule has 1 heterocycles. The van der Waals surface area contributed by atoms with Crippen molar-refractivity contribution in [2.75, 3.05) is 31.3 Å². The van der Waals surface area contributed by atoms with Crippen LogP contribution in [0.25, 0.3) is 6.08 Å². The highest BCUT2D eigenvalue weighted by molar-refractivity contribution is 8.18. The molecule has 0 radical (unpaired) electrons. The average molecular weight is 473 g/mol. The molecule has 2 aromatic carbocycles. The second kappa shape index (κ2) is 11.1. The number of thioether (sulfide) groups is 2. The van der Waals surface area contributed by atoms with E-state index < -0.39 is 17.1 Å². The number of benzene rings is 2. The third-order valence-electron chi connectivity index (χ3n) is 4.41. The molecule has 9 heteroatoms. The molecule has 0 aliphatic carbocycles. The van der Waals surface area contributed by atoms with E-state index in [-0.39, 0.29) is 11.4 Å². The first-order chi connectivity index (χ1) is 15.4. The Morgan fingerprint density at radius 2 is 1.91 bits per heavy atom. The van der Waals surface area contributed by atoms with Crippen molar-refractivity contribution in [1.82, 2.24) is 4.90 Å². The minimum Gasteiger partial charge on any atom is -0.494 e. The van der Waals surface area contributed by atoms with Gasteiger partial charge in [0.2, 0.25) is 5.91 Å². The highest BCUT2D eigenvalue weighted by Crippen LogP contribution is 2.35. The van der Waals surface area contributed by atoms with Gasteiger partial charge in [-0.2, -0.15) is 0 Å². The molecular weight excluding hydrogens is 448 g/mol. The van der Waals surface area contributed by atoms with Crippen LogP contribution >= 0.6 is 23.5 Å². The molecule has 1 aliphatic heterocycles. The third kappa shape index (κ3) is 5.86. The van der Waals surface area contributed by atoms with Crippen molar-refractivity contribution in [1.29, 1.82) is 0 Å². The highest BCUT2D eigenvalue weighted by Gasteiger charge is 2.36. The van der Waals surface area contributed by atoms with Crippen LogP contribution in [0.4, 0.5) is 10.5 Å². The average Bonchev–Trinajstić information content (AvgIpc) is 3.03. The predicted octanol–water partition coefficient (Wildman–Crippen LogP) is 4.88. The van der Waals surface area contributed by atoms with E-state index in [1.165, 1.54) is 0 Å². The molecule has 0 atom stereocenters. The van der Waals surface area contributed by atoms with Gasteiger partial charge >= 0.3 is 0 Å². The molecule has 0 unspecified atom stereocenters. The lowest BCUT2D eigenvalue weighted by Crippen LogP contribution is -2.36. The van der Waals surface area contributed by atoms with Gasteiger partial charge in [0, 0.05) is 22.2 Å². The summed E-state index contributed by atoms with van der Waals surface area (Å²) in [5, 5.41) is 2.24. The number of hydrogen-bond acceptors (Lipinski definition) is 7. The van der Waals surface area contributed by atoms with Crippen LogP contribution in [0.1, 0.15) is 19.4 Å². The molecule has 0 spiro atoms. The number of imide groups is 1. The summed E-state index contributed by atoms with van der Waals surface area (Å²) in [6.07, 6.45) is 3.54. The Morgan fingerprint density at radius 1 is 1.12 bits per heavy atom. The van der Waals surface area contributed by atoms with Crippen LogP contribution in [0.2, 0.25) is 0 Å². The summed E-state index contributed by atoms with van der Waals surface area (Å²) in [6, 6.07) is 12.6. The molecule has 1 saturated heterocycles. The number of ether oxygens (including phenoxy) is 2. The summed E-state index contributed by atoms with van der Waals surface area (Å²) in [5.74, 6) is 0.257. The Morgan fingerprint density at radius 3 is 2.62 bits per heavy atom. The maximum atomic E-state index is 12.8. The Labute approximate surface area is 195 Å². The summed E-state index contributed by atoms with van der Waals surface area (Å²) >= 11 is 2.35. The molecule has 0 aromatic heterocycles. The zero-order chi connectivity index (χ0) is 23.1. The SMILES string of the molecule is CCOc1ccc(/C=C2/SC(=O)N(CC(=O)Nc3cccc(SC)c3)C2=O)c(OCC)c1. The number of nitrogens with zero attached hydrogens (tertiary/aromatic N) is 1. The smallest absolute Gasteiger partial charge is 0.294 e. The quantitative estimate of drug-likeness (QED) is 0.411. The van der Waals surface area contributed by atoms with Crippen LogP contribution in [0, 0.1) is 0 Å². The van der Waals surface area contributed by atoms with Gasteiger partial charge in [-0.1, -0.05) is 6.07 Å². The highest BCUT2D eigenvalue weighted by atomic mass is 32.2. The molecule has 0 bridgehead atoms. The number of rotatable bonds is 9. The molecule has 0 saturated carbocycles. The number of carbonyl (C=O) groups excluding carboxylic acids is 3. The van der Waals surface area contributed by atoms with Crippen LogP contribution in [-0.2, 0) is 9.59 Å². The summed E-state index contributed by atoms with van der Waals surface area (Å²) in [6.45, 7) is 4.36. The van der Waals surface area contributed by atoms with Gasteiger partial charge in [-0.15, -0.1) is 11.8 Å². The van der Waals surface area contributed by atoms with E-state index in [0.717, 1.165) is 21.6 Å². The lowest BCUT2D eigenvalue weighted by Gasteiger charge is -2.13. The van der Waals surface area contributed by atoms with E-state index in [9.17, 15) is 14.4 Å². The largest absolute Gasteiger partial charge is 0.494 e. The fraction of sp³-hybridized carbons (Fsp3) is 0.261. The molecule has 32 heavy (non-hydrogen) atoms. The van der Waals surface area contributed by atoms with E-state index in [1.807, 2.05) is 38.3 Å². The minimum absolute atomic E-state index is 0.234. The van der Waals surface area contributed by atoms with Crippen LogP contribution in [0.15, 0.2) is 52.3 Å². The fourth-order valence-electron chi connectivity index (χ4n) is 2.99. The second-order valence-electron chi connectivity index (χ2n) is 6.61. The lowest BCUT2D eigenvalue weighted by atomic mass is 10.1. The number of anilines is 1. The van der Waals surface area contributed by atoms with Gasteiger partial charge < -0.3 is 14.8 Å². The van der Waals surface area contributed by atoms with Gasteiger partial charge in [-0.25, -0.2) is 0 Å². The van der Waals surface area contributed by atoms with Gasteiger partial charge in [0.25, 0.3) is 11.1 Å². The van der Waals surface area contributed by atoms with Gasteiger partial charge in [0.1, 0.15) is 18.0 Å². The monoisotopic (exact) mass is 472 g/mol. The predicted molar refractivity (Wildman–Crippen MR) is 128 cm³/mol. The molecule has 1 N–H and O–H groups in total. The van der Waals surface area contributed by atoms with E-state index in [1.54, 1.807) is 42.1 Å². The third-order valence-corrected chi connectivity index (χ3v) is 6.04. The molecule has 2 aromatic rings. The van der Waals surface area contributed by atoms with Crippen LogP contribution in [0.3, 0.4) is 0 Å². The van der Waals surface area contributed by atoms with E-state index in [0.29, 0.717) is 36.0 Å². The standard InChI is InChI=1S/C23H24N2O5S2/c1-4-29-17-10-9-15(19(13-17)30-5-2)11-20-22(27)25(23(28)32-20)14-21(26)24-16-7-6-8-18(12-16)31-3/h6-13H,4-5,14H2,1-3H3,(H,24,26)/b20-11+. The number of nitrogens with one attached hydrogen (secondary N) is 1. The first-order valence-electron chi connectivity index (χ1n) is 10.0. The molecular formula is C23H24N2O5S2. The summed E-state index contributed by atoms with van der Waals surface area (Å²) in [4.78, 5) is 39.8. The fourth-order valence-corrected chi connectivity index (χ4v) is 4.28. The van der Waals surface area contributed by atoms with E-state index >= 15 is 0 Å². The molecule has 7 nitrogen and oxygen atoms in total. The van der Waals surface area contributed by atoms with Crippen LogP contribution < -0.4 is 14.8 Å². The number of carbonyl (C=O) groups is 3. The Bertz CT molecular complexity index is 1050. The summed E-state index contributed by atoms with van der Waals surface area (Å²) in [5.41, 5.74) is 1.26. The Hall–Kier alpha value is -2.91. The maximum absolute atomic E-state index is 12.8. The maximum Gasteiger partial charge on any atom is 0.294 e. The van der Waals surface area contributed by atoms with Crippen LogP contribution in [0.5, 0.6) is 11.5 Å². The van der Waals surface area contributed by atoms with Gasteiger partial charge in [-0.3, -0.25) is 19.3 Å². The van der Waals surface area contributed by atoms with E-state index in [4.69, 9.17) is 9.47 Å². The lowest BCUT2D eigenvalue weighted by molar-refractivity contribution is -0.127. The van der Waals surface area contributed by atoms with Crippen molar-refractivity contribution in [3.8, 4) is 11.5 Å². The molecule has 168 valence electrons. The zero-order valence-electron chi connectivity index (χ0n) is 18.0. The summed E-state index contributed by atoms with van der Waals surface area (Å²) < 4.78 is 11.2. The van der Waals surface area contributed by atoms with Crippen molar-refractivity contribution >= 4 is 52.3 Å². The van der Waals surface area contributed by atoms with E-state index in [2.05, 4.69) is 5.32 Å². The molecule has 1 fully saturated rings. The first kappa shape index (κ1) is 23.7. The van der Waals surface area contributed by atoms with Gasteiger partial charge in [-0.05, 0) is 68.3 Å². The number of hydrogen-bond donors (Lipinski definition) is 1.